The molecular formula is C13H16N4O4S. The number of aromatic carboxylic acids is 1. The molecule has 22 heavy (non-hydrogen) atoms. The number of nitrogens with zero attached hydrogens (tertiary/aromatic N) is 3. The number of carboxylic acids is 1. The monoisotopic (exact) mass is 324 g/mol. The average molecular weight is 324 g/mol. The van der Waals surface area contributed by atoms with Gasteiger partial charge in [-0.2, -0.15) is 0 Å². The molecular weight excluding hydrogens is 308 g/mol. The Balaban J connectivity index is 2.52. The van der Waals surface area contributed by atoms with Crippen molar-refractivity contribution >= 4 is 21.8 Å². The molecule has 1 aromatic carbocycles. The van der Waals surface area contributed by atoms with Crippen molar-refractivity contribution in [2.45, 2.75) is 25.7 Å². The summed E-state index contributed by atoms with van der Waals surface area (Å²) < 4.78 is 28.7. The molecule has 2 N–H and O–H groups in total. The molecule has 0 saturated heterocycles. The first-order valence-corrected chi connectivity index (χ1v) is 7.85. The number of benzene rings is 1. The zero-order chi connectivity index (χ0) is 16.7. The third-order valence-electron chi connectivity index (χ3n) is 3.38. The highest BCUT2D eigenvalue weighted by Gasteiger charge is 2.22. The molecule has 0 amide bonds. The Morgan fingerprint density at radius 1 is 1.23 bits per heavy atom. The summed E-state index contributed by atoms with van der Waals surface area (Å²) in [5.74, 6) is -1.07. The SMILES string of the molecule is Cc1cc(C)c(S(=O)(=O)Nc2nnn(C)c2C)cc1C(=O)O. The number of rotatable bonds is 4. The fraction of sp³-hybridized carbons (Fsp3) is 0.308. The second-order valence-corrected chi connectivity index (χ2v) is 6.64. The number of aryl methyl sites for hydroxylation is 3. The highest BCUT2D eigenvalue weighted by molar-refractivity contribution is 7.92. The molecule has 2 aromatic rings. The van der Waals surface area contributed by atoms with E-state index in [1.807, 2.05) is 0 Å². The molecule has 0 aliphatic carbocycles. The average Bonchev–Trinajstić information content (AvgIpc) is 2.69. The third-order valence-corrected chi connectivity index (χ3v) is 4.86. The lowest BCUT2D eigenvalue weighted by molar-refractivity contribution is 0.0696. The van der Waals surface area contributed by atoms with Crippen molar-refractivity contribution < 1.29 is 18.3 Å². The molecule has 0 spiro atoms. The Labute approximate surface area is 127 Å². The fourth-order valence-electron chi connectivity index (χ4n) is 2.03. The van der Waals surface area contributed by atoms with Crippen LogP contribution in [0, 0.1) is 20.8 Å². The van der Waals surface area contributed by atoms with E-state index in [2.05, 4.69) is 15.0 Å². The molecule has 9 heteroatoms. The van der Waals surface area contributed by atoms with Gasteiger partial charge in [-0.05, 0) is 38.0 Å². The molecule has 0 aliphatic heterocycles. The molecule has 0 unspecified atom stereocenters. The summed E-state index contributed by atoms with van der Waals surface area (Å²) in [5.41, 5.74) is 1.45. The summed E-state index contributed by atoms with van der Waals surface area (Å²) in [4.78, 5) is 11.1. The lowest BCUT2D eigenvalue weighted by atomic mass is 10.1. The zero-order valence-electron chi connectivity index (χ0n) is 12.6. The number of sulfonamides is 1. The van der Waals surface area contributed by atoms with Crippen LogP contribution in [0.3, 0.4) is 0 Å². The van der Waals surface area contributed by atoms with Gasteiger partial charge in [-0.1, -0.05) is 11.3 Å². The van der Waals surface area contributed by atoms with Crippen LogP contribution in [-0.2, 0) is 17.1 Å². The van der Waals surface area contributed by atoms with Crippen LogP contribution in [0.2, 0.25) is 0 Å². The van der Waals surface area contributed by atoms with Crippen LogP contribution in [0.25, 0.3) is 0 Å². The highest BCUT2D eigenvalue weighted by atomic mass is 32.2. The van der Waals surface area contributed by atoms with Crippen LogP contribution in [0.1, 0.15) is 27.2 Å². The van der Waals surface area contributed by atoms with Gasteiger partial charge < -0.3 is 5.11 Å². The molecule has 0 radical (unpaired) electrons. The maximum atomic E-state index is 12.5. The molecule has 8 nitrogen and oxygen atoms in total. The van der Waals surface area contributed by atoms with Crippen LogP contribution in [0.15, 0.2) is 17.0 Å². The number of carboxylic acid groups (broad SMARTS) is 1. The van der Waals surface area contributed by atoms with E-state index in [0.29, 0.717) is 16.8 Å². The van der Waals surface area contributed by atoms with Crippen LogP contribution in [0.5, 0.6) is 0 Å². The van der Waals surface area contributed by atoms with Gasteiger partial charge in [0.1, 0.15) is 0 Å². The van der Waals surface area contributed by atoms with Gasteiger partial charge in [-0.3, -0.25) is 9.40 Å². The van der Waals surface area contributed by atoms with Crippen molar-refractivity contribution in [1.82, 2.24) is 15.0 Å². The van der Waals surface area contributed by atoms with Gasteiger partial charge in [0, 0.05) is 7.05 Å². The van der Waals surface area contributed by atoms with Crippen molar-refractivity contribution in [3.63, 3.8) is 0 Å². The molecule has 1 aromatic heterocycles. The lowest BCUT2D eigenvalue weighted by Gasteiger charge is -2.11. The first kappa shape index (κ1) is 16.0. The van der Waals surface area contributed by atoms with E-state index in [-0.39, 0.29) is 16.3 Å². The summed E-state index contributed by atoms with van der Waals surface area (Å²) in [6, 6.07) is 2.68. The van der Waals surface area contributed by atoms with Gasteiger partial charge in [0.25, 0.3) is 10.0 Å². The normalized spacial score (nSPS) is 11.5. The Morgan fingerprint density at radius 3 is 2.36 bits per heavy atom. The number of carbonyl (C=O) groups is 1. The summed E-state index contributed by atoms with van der Waals surface area (Å²) in [6.45, 7) is 4.90. The zero-order valence-corrected chi connectivity index (χ0v) is 13.4. The van der Waals surface area contributed by atoms with E-state index in [1.54, 1.807) is 27.8 Å². The molecule has 1 heterocycles. The Hall–Kier alpha value is -2.42. The fourth-order valence-corrected chi connectivity index (χ4v) is 3.34. The molecule has 118 valence electrons. The van der Waals surface area contributed by atoms with Crippen molar-refractivity contribution in [1.29, 1.82) is 0 Å². The van der Waals surface area contributed by atoms with Crippen LogP contribution in [-0.4, -0.2) is 34.5 Å². The maximum absolute atomic E-state index is 12.5. The van der Waals surface area contributed by atoms with Crippen molar-refractivity contribution in [3.8, 4) is 0 Å². The second kappa shape index (κ2) is 5.41. The van der Waals surface area contributed by atoms with Gasteiger partial charge >= 0.3 is 5.97 Å². The lowest BCUT2D eigenvalue weighted by Crippen LogP contribution is -2.17. The van der Waals surface area contributed by atoms with Gasteiger partial charge in [-0.25, -0.2) is 13.2 Å². The van der Waals surface area contributed by atoms with E-state index >= 15 is 0 Å². The minimum absolute atomic E-state index is 0.0538. The second-order valence-electron chi connectivity index (χ2n) is 4.99. The van der Waals surface area contributed by atoms with Gasteiger partial charge in [0.2, 0.25) is 0 Å². The van der Waals surface area contributed by atoms with E-state index in [4.69, 9.17) is 5.11 Å². The number of hydrogen-bond acceptors (Lipinski definition) is 5. The smallest absolute Gasteiger partial charge is 0.335 e. The molecule has 0 atom stereocenters. The number of nitrogens with one attached hydrogen (secondary N) is 1. The minimum Gasteiger partial charge on any atom is -0.478 e. The minimum atomic E-state index is -3.96. The number of hydrogen-bond donors (Lipinski definition) is 2. The van der Waals surface area contributed by atoms with E-state index in [1.165, 1.54) is 10.7 Å². The number of aromatic nitrogens is 3. The van der Waals surface area contributed by atoms with Crippen LogP contribution < -0.4 is 4.72 Å². The van der Waals surface area contributed by atoms with Gasteiger partial charge in [0.05, 0.1) is 16.2 Å². The number of anilines is 1. The van der Waals surface area contributed by atoms with Crippen molar-refractivity contribution in [2.75, 3.05) is 4.72 Å². The third kappa shape index (κ3) is 2.80. The Kier molecular flexibility index (Phi) is 3.92. The van der Waals surface area contributed by atoms with Crippen LogP contribution in [0.4, 0.5) is 5.82 Å². The highest BCUT2D eigenvalue weighted by Crippen LogP contribution is 2.23. The summed E-state index contributed by atoms with van der Waals surface area (Å²) in [6.07, 6.45) is 0. The van der Waals surface area contributed by atoms with Gasteiger partial charge in [-0.15, -0.1) is 5.10 Å². The predicted molar refractivity (Wildman–Crippen MR) is 79.4 cm³/mol. The Morgan fingerprint density at radius 2 is 1.86 bits per heavy atom. The topological polar surface area (TPSA) is 114 Å². The molecule has 0 saturated carbocycles. The first-order chi connectivity index (χ1) is 10.1. The quantitative estimate of drug-likeness (QED) is 0.874. The maximum Gasteiger partial charge on any atom is 0.335 e. The standard InChI is InChI=1S/C13H16N4O4S/c1-7-5-8(2)11(6-10(7)13(18)19)22(20,21)15-12-9(3)17(4)16-14-12/h5-6,15H,1-4H3,(H,18,19). The molecule has 0 aliphatic rings. The van der Waals surface area contributed by atoms with E-state index < -0.39 is 16.0 Å². The largest absolute Gasteiger partial charge is 0.478 e. The predicted octanol–water partition coefficient (Wildman–Crippen LogP) is 1.24. The molecule has 0 fully saturated rings. The van der Waals surface area contributed by atoms with E-state index in [9.17, 15) is 13.2 Å². The molecule has 2 rings (SSSR count). The van der Waals surface area contributed by atoms with Crippen molar-refractivity contribution in [2.24, 2.45) is 7.05 Å². The van der Waals surface area contributed by atoms with Crippen molar-refractivity contribution in [3.05, 3.63) is 34.5 Å². The van der Waals surface area contributed by atoms with Gasteiger partial charge in [0.15, 0.2) is 5.82 Å². The van der Waals surface area contributed by atoms with E-state index in [0.717, 1.165) is 6.07 Å². The summed E-state index contributed by atoms with van der Waals surface area (Å²) in [7, 11) is -2.32. The summed E-state index contributed by atoms with van der Waals surface area (Å²) >= 11 is 0. The van der Waals surface area contributed by atoms with Crippen LogP contribution >= 0.6 is 0 Å². The first-order valence-electron chi connectivity index (χ1n) is 6.37. The molecule has 0 bridgehead atoms. The summed E-state index contributed by atoms with van der Waals surface area (Å²) in [5, 5.41) is 16.6. The Bertz CT molecular complexity index is 855.